The van der Waals surface area contributed by atoms with E-state index in [-0.39, 0.29) is 5.91 Å². The van der Waals surface area contributed by atoms with Crippen LogP contribution in [0.2, 0.25) is 0 Å². The number of benzene rings is 2. The van der Waals surface area contributed by atoms with Gasteiger partial charge in [-0.2, -0.15) is 5.10 Å². The third kappa shape index (κ3) is 3.67. The number of ether oxygens (including phenoxy) is 1. The Kier molecular flexibility index (Phi) is 5.21. The highest BCUT2D eigenvalue weighted by Crippen LogP contribution is 2.49. The molecule has 1 fully saturated rings. The molecule has 0 atom stereocenters. The number of nitrogens with one attached hydrogen (secondary N) is 1. The van der Waals surface area contributed by atoms with Gasteiger partial charge in [0, 0.05) is 48.2 Å². The first-order valence-corrected chi connectivity index (χ1v) is 11.7. The van der Waals surface area contributed by atoms with Gasteiger partial charge in [-0.1, -0.05) is 36.4 Å². The molecule has 2 aromatic carbocycles. The number of aryl methyl sites for hydroxylation is 1. The largest absolute Gasteiger partial charge is 0.494 e. The first-order valence-electron chi connectivity index (χ1n) is 11.7. The van der Waals surface area contributed by atoms with Gasteiger partial charge in [-0.3, -0.25) is 14.5 Å². The molecular formula is C28H24N6O2. The van der Waals surface area contributed by atoms with Crippen molar-refractivity contribution in [3.8, 4) is 28.3 Å². The zero-order valence-corrected chi connectivity index (χ0v) is 20.0. The zero-order valence-electron chi connectivity index (χ0n) is 20.0. The van der Waals surface area contributed by atoms with Crippen LogP contribution in [0.25, 0.3) is 33.4 Å². The minimum atomic E-state index is -0.561. The van der Waals surface area contributed by atoms with Gasteiger partial charge in [-0.25, -0.2) is 9.97 Å². The molecule has 8 heteroatoms. The maximum absolute atomic E-state index is 13.5. The third-order valence-corrected chi connectivity index (χ3v) is 6.73. The lowest BCUT2D eigenvalue weighted by Crippen LogP contribution is -2.28. The molecule has 3 heterocycles. The lowest BCUT2D eigenvalue weighted by Gasteiger charge is -2.18. The predicted octanol–water partition coefficient (Wildman–Crippen LogP) is 4.77. The Labute approximate surface area is 208 Å². The number of fused-ring (bicyclic) bond motifs is 1. The number of pyridine rings is 1. The summed E-state index contributed by atoms with van der Waals surface area (Å²) in [6.45, 7) is 0. The third-order valence-electron chi connectivity index (χ3n) is 6.73. The van der Waals surface area contributed by atoms with E-state index in [9.17, 15) is 4.79 Å². The molecule has 6 rings (SSSR count). The van der Waals surface area contributed by atoms with Crippen LogP contribution in [0.15, 0.2) is 79.5 Å². The van der Waals surface area contributed by atoms with Gasteiger partial charge in [0.15, 0.2) is 0 Å². The molecule has 0 radical (unpaired) electrons. The fraction of sp³-hybridized carbons (Fsp3) is 0.179. The van der Waals surface area contributed by atoms with Crippen LogP contribution in [0.3, 0.4) is 0 Å². The summed E-state index contributed by atoms with van der Waals surface area (Å²) in [5, 5.41) is 8.61. The van der Waals surface area contributed by atoms with Gasteiger partial charge in [0.05, 0.1) is 29.4 Å². The van der Waals surface area contributed by atoms with Crippen LogP contribution in [0, 0.1) is 0 Å². The molecular weight excluding hydrogens is 452 g/mol. The number of aromatic nitrogens is 5. The van der Waals surface area contributed by atoms with Gasteiger partial charge in [0.25, 0.3) is 0 Å². The molecule has 1 aliphatic rings. The van der Waals surface area contributed by atoms with E-state index in [1.807, 2.05) is 67.8 Å². The van der Waals surface area contributed by atoms with Gasteiger partial charge >= 0.3 is 0 Å². The Bertz CT molecular complexity index is 1580. The second-order valence-electron chi connectivity index (χ2n) is 9.00. The molecule has 0 spiro atoms. The Balaban J connectivity index is 1.45. The summed E-state index contributed by atoms with van der Waals surface area (Å²) in [7, 11) is 3.48. The van der Waals surface area contributed by atoms with Crippen molar-refractivity contribution in [2.75, 3.05) is 12.4 Å². The summed E-state index contributed by atoms with van der Waals surface area (Å²) >= 11 is 0. The average molecular weight is 477 g/mol. The van der Waals surface area contributed by atoms with Crippen LogP contribution in [0.5, 0.6) is 5.75 Å². The van der Waals surface area contributed by atoms with Gasteiger partial charge in [0.1, 0.15) is 17.8 Å². The van der Waals surface area contributed by atoms with Crippen molar-refractivity contribution in [1.82, 2.24) is 24.7 Å². The summed E-state index contributed by atoms with van der Waals surface area (Å²) in [5.41, 5.74) is 5.09. The van der Waals surface area contributed by atoms with Crippen molar-refractivity contribution in [2.24, 2.45) is 7.05 Å². The van der Waals surface area contributed by atoms with Gasteiger partial charge < -0.3 is 10.1 Å². The number of carbonyl (C=O) groups is 1. The second kappa shape index (κ2) is 8.57. The van der Waals surface area contributed by atoms with Crippen LogP contribution >= 0.6 is 0 Å². The smallest absolute Gasteiger partial charge is 0.235 e. The number of nitrogens with zero attached hydrogens (tertiary/aromatic N) is 5. The van der Waals surface area contributed by atoms with E-state index in [0.29, 0.717) is 17.0 Å². The van der Waals surface area contributed by atoms with Crippen molar-refractivity contribution in [2.45, 2.75) is 18.3 Å². The van der Waals surface area contributed by atoms with Crippen molar-refractivity contribution in [3.05, 3.63) is 85.1 Å². The van der Waals surface area contributed by atoms with Crippen molar-refractivity contribution in [1.29, 1.82) is 0 Å². The topological polar surface area (TPSA) is 94.8 Å². The van der Waals surface area contributed by atoms with E-state index < -0.39 is 5.41 Å². The Hall–Kier alpha value is -4.59. The molecule has 1 N–H and O–H groups in total. The van der Waals surface area contributed by atoms with E-state index in [1.54, 1.807) is 30.5 Å². The SMILES string of the molecule is COc1cc2ncnc(-c3cn(C)nc3-c3ccccc3)c2cc1NC(=O)C1(c2cccnc2)CC1. The van der Waals surface area contributed by atoms with E-state index in [4.69, 9.17) is 9.84 Å². The number of hydrogen-bond donors (Lipinski definition) is 1. The molecule has 0 saturated heterocycles. The molecule has 0 aliphatic heterocycles. The van der Waals surface area contributed by atoms with E-state index in [2.05, 4.69) is 20.3 Å². The molecule has 36 heavy (non-hydrogen) atoms. The second-order valence-corrected chi connectivity index (χ2v) is 9.00. The standard InChI is InChI=1S/C28H24N6O2/c1-34-16-21(25(33-34)18-7-4-3-5-8-18)26-20-13-23(24(36-2)14-22(20)30-17-31-26)32-27(35)28(10-11-28)19-9-6-12-29-15-19/h3-9,12-17H,10-11H2,1-2H3,(H,32,35). The maximum atomic E-state index is 13.5. The maximum Gasteiger partial charge on any atom is 0.235 e. The first kappa shape index (κ1) is 21.9. The van der Waals surface area contributed by atoms with Gasteiger partial charge in [-0.15, -0.1) is 0 Å². The molecule has 0 unspecified atom stereocenters. The fourth-order valence-corrected chi connectivity index (χ4v) is 4.70. The minimum absolute atomic E-state index is 0.0714. The summed E-state index contributed by atoms with van der Waals surface area (Å²) in [4.78, 5) is 26.8. The minimum Gasteiger partial charge on any atom is -0.494 e. The highest BCUT2D eigenvalue weighted by Gasteiger charge is 2.51. The molecule has 178 valence electrons. The Morgan fingerprint density at radius 1 is 1.06 bits per heavy atom. The average Bonchev–Trinajstić information content (AvgIpc) is 3.65. The van der Waals surface area contributed by atoms with Crippen LogP contribution in [0.4, 0.5) is 5.69 Å². The van der Waals surface area contributed by atoms with Gasteiger partial charge in [-0.05, 0) is 30.5 Å². The molecule has 1 aliphatic carbocycles. The number of anilines is 1. The normalized spacial score (nSPS) is 13.9. The van der Waals surface area contributed by atoms with E-state index in [0.717, 1.165) is 46.3 Å². The zero-order chi connectivity index (χ0) is 24.7. The molecule has 3 aromatic heterocycles. The number of rotatable bonds is 6. The van der Waals surface area contributed by atoms with Crippen LogP contribution in [-0.2, 0) is 17.3 Å². The van der Waals surface area contributed by atoms with Crippen LogP contribution < -0.4 is 10.1 Å². The molecule has 1 saturated carbocycles. The molecule has 1 amide bonds. The van der Waals surface area contributed by atoms with Crippen molar-refractivity contribution in [3.63, 3.8) is 0 Å². The van der Waals surface area contributed by atoms with Crippen LogP contribution in [0.1, 0.15) is 18.4 Å². The van der Waals surface area contributed by atoms with Crippen molar-refractivity contribution < 1.29 is 9.53 Å². The number of methoxy groups -OCH3 is 1. The number of amides is 1. The highest BCUT2D eigenvalue weighted by molar-refractivity contribution is 6.05. The Morgan fingerprint density at radius 2 is 1.89 bits per heavy atom. The van der Waals surface area contributed by atoms with E-state index >= 15 is 0 Å². The lowest BCUT2D eigenvalue weighted by molar-refractivity contribution is -0.118. The quantitative estimate of drug-likeness (QED) is 0.379. The predicted molar refractivity (Wildman–Crippen MR) is 138 cm³/mol. The van der Waals surface area contributed by atoms with Crippen molar-refractivity contribution >= 4 is 22.5 Å². The summed E-state index contributed by atoms with van der Waals surface area (Å²) in [6, 6.07) is 17.5. The lowest BCUT2D eigenvalue weighted by atomic mass is 9.96. The number of carbonyl (C=O) groups excluding carboxylic acids is 1. The molecule has 0 bridgehead atoms. The highest BCUT2D eigenvalue weighted by atomic mass is 16.5. The number of hydrogen-bond acceptors (Lipinski definition) is 6. The summed E-state index contributed by atoms with van der Waals surface area (Å²) < 4.78 is 7.41. The van der Waals surface area contributed by atoms with Crippen LogP contribution in [-0.4, -0.2) is 37.7 Å². The first-order chi connectivity index (χ1) is 17.6. The summed E-state index contributed by atoms with van der Waals surface area (Å²) in [5.74, 6) is 0.467. The Morgan fingerprint density at radius 3 is 2.61 bits per heavy atom. The monoisotopic (exact) mass is 476 g/mol. The fourth-order valence-electron chi connectivity index (χ4n) is 4.70. The summed E-state index contributed by atoms with van der Waals surface area (Å²) in [6.07, 6.45) is 8.54. The molecule has 8 nitrogen and oxygen atoms in total. The molecule has 5 aromatic rings. The van der Waals surface area contributed by atoms with Gasteiger partial charge in [0.2, 0.25) is 5.91 Å². The van der Waals surface area contributed by atoms with E-state index in [1.165, 1.54) is 0 Å².